The number of fused-ring (bicyclic) bond motifs is 1. The van der Waals surface area contributed by atoms with Gasteiger partial charge in [0.05, 0.1) is 17.8 Å². The number of pyridine rings is 2. The van der Waals surface area contributed by atoms with Gasteiger partial charge in [-0.25, -0.2) is 4.98 Å². The molecule has 0 aliphatic rings. The molecule has 0 saturated heterocycles. The Hall–Kier alpha value is -2.56. The first-order chi connectivity index (χ1) is 11.9. The fourth-order valence-electron chi connectivity index (χ4n) is 3.01. The molecule has 0 atom stereocenters. The van der Waals surface area contributed by atoms with Crippen LogP contribution in [0.5, 0.6) is 0 Å². The van der Waals surface area contributed by atoms with Gasteiger partial charge in [0.15, 0.2) is 0 Å². The highest BCUT2D eigenvalue weighted by atomic mass is 19.3. The Balaban J connectivity index is 1.96. The number of hydrogen-bond acceptors (Lipinski definition) is 3. The van der Waals surface area contributed by atoms with Crippen LogP contribution in [0.3, 0.4) is 0 Å². The molecule has 0 aliphatic heterocycles. The van der Waals surface area contributed by atoms with Gasteiger partial charge in [0, 0.05) is 23.7 Å². The molecule has 0 amide bonds. The highest BCUT2D eigenvalue weighted by Gasteiger charge is 2.26. The van der Waals surface area contributed by atoms with E-state index in [9.17, 15) is 8.78 Å². The van der Waals surface area contributed by atoms with Crippen molar-refractivity contribution >= 4 is 16.6 Å². The second kappa shape index (κ2) is 6.75. The summed E-state index contributed by atoms with van der Waals surface area (Å²) in [6.07, 6.45) is 0.840. The van der Waals surface area contributed by atoms with E-state index in [0.29, 0.717) is 12.2 Å². The van der Waals surface area contributed by atoms with Crippen LogP contribution < -0.4 is 5.32 Å². The summed E-state index contributed by atoms with van der Waals surface area (Å²) >= 11 is 0. The summed E-state index contributed by atoms with van der Waals surface area (Å²) in [6.45, 7) is 5.32. The van der Waals surface area contributed by atoms with Gasteiger partial charge >= 0.3 is 0 Å². The molecule has 25 heavy (non-hydrogen) atoms. The molecule has 0 fully saturated rings. The van der Waals surface area contributed by atoms with Gasteiger partial charge < -0.3 is 5.32 Å². The van der Waals surface area contributed by atoms with Crippen LogP contribution in [0.1, 0.15) is 36.5 Å². The molecule has 2 aromatic heterocycles. The number of nitrogens with one attached hydrogen (secondary N) is 1. The van der Waals surface area contributed by atoms with Gasteiger partial charge in [-0.15, -0.1) is 0 Å². The SMILES string of the molecule is CCc1c(C)nc2ccccc2c1NCc1cccc(C(C)(F)F)n1. The summed E-state index contributed by atoms with van der Waals surface area (Å²) in [7, 11) is 0. The van der Waals surface area contributed by atoms with Gasteiger partial charge in [-0.2, -0.15) is 8.78 Å². The van der Waals surface area contributed by atoms with E-state index in [2.05, 4.69) is 22.2 Å². The Kier molecular flexibility index (Phi) is 4.66. The van der Waals surface area contributed by atoms with Crippen LogP contribution in [0.2, 0.25) is 0 Å². The summed E-state index contributed by atoms with van der Waals surface area (Å²) in [5, 5.41) is 4.43. The maximum atomic E-state index is 13.5. The predicted octanol–water partition coefficient (Wildman–Crippen LogP) is 5.22. The number of nitrogens with zero attached hydrogens (tertiary/aromatic N) is 2. The molecule has 5 heteroatoms. The van der Waals surface area contributed by atoms with Crippen LogP contribution in [0.4, 0.5) is 14.5 Å². The predicted molar refractivity (Wildman–Crippen MR) is 97.0 cm³/mol. The molecule has 1 aromatic carbocycles. The van der Waals surface area contributed by atoms with Crippen LogP contribution in [0.25, 0.3) is 10.9 Å². The normalized spacial score (nSPS) is 11.7. The smallest absolute Gasteiger partial charge is 0.286 e. The van der Waals surface area contributed by atoms with Crippen molar-refractivity contribution in [3.05, 3.63) is 65.1 Å². The molecule has 0 radical (unpaired) electrons. The second-order valence-electron chi connectivity index (χ2n) is 6.18. The standard InChI is InChI=1S/C20H21F2N3/c1-4-15-13(2)24-17-10-6-5-9-16(17)19(15)23-12-14-8-7-11-18(25-14)20(3,21)22/h5-11H,4,12H2,1-3H3,(H,23,24). The number of anilines is 1. The quantitative estimate of drug-likeness (QED) is 0.691. The van der Waals surface area contributed by atoms with Crippen molar-refractivity contribution in [3.63, 3.8) is 0 Å². The first-order valence-corrected chi connectivity index (χ1v) is 8.36. The van der Waals surface area contributed by atoms with Crippen molar-refractivity contribution < 1.29 is 8.78 Å². The monoisotopic (exact) mass is 341 g/mol. The van der Waals surface area contributed by atoms with Crippen molar-refractivity contribution in [3.8, 4) is 0 Å². The maximum Gasteiger partial charge on any atom is 0.286 e. The van der Waals surface area contributed by atoms with E-state index in [0.717, 1.165) is 41.2 Å². The summed E-state index contributed by atoms with van der Waals surface area (Å²) < 4.78 is 27.0. The van der Waals surface area contributed by atoms with Crippen LogP contribution in [-0.4, -0.2) is 9.97 Å². The molecule has 130 valence electrons. The Morgan fingerprint density at radius 1 is 1.04 bits per heavy atom. The summed E-state index contributed by atoms with van der Waals surface area (Å²) in [4.78, 5) is 8.74. The van der Waals surface area contributed by atoms with Gasteiger partial charge in [0.25, 0.3) is 5.92 Å². The third-order valence-electron chi connectivity index (χ3n) is 4.26. The van der Waals surface area contributed by atoms with Crippen molar-refractivity contribution in [2.45, 2.75) is 39.7 Å². The van der Waals surface area contributed by atoms with Gasteiger partial charge in [-0.1, -0.05) is 31.2 Å². The third-order valence-corrected chi connectivity index (χ3v) is 4.26. The summed E-state index contributed by atoms with van der Waals surface area (Å²) in [6, 6.07) is 12.7. The maximum absolute atomic E-state index is 13.5. The Morgan fingerprint density at radius 2 is 1.80 bits per heavy atom. The number of hydrogen-bond donors (Lipinski definition) is 1. The highest BCUT2D eigenvalue weighted by Crippen LogP contribution is 2.30. The van der Waals surface area contributed by atoms with E-state index in [-0.39, 0.29) is 5.69 Å². The number of para-hydroxylation sites is 1. The number of rotatable bonds is 5. The molecule has 2 heterocycles. The fraction of sp³-hybridized carbons (Fsp3) is 0.300. The Labute approximate surface area is 146 Å². The lowest BCUT2D eigenvalue weighted by Crippen LogP contribution is -2.13. The lowest BCUT2D eigenvalue weighted by Gasteiger charge is -2.17. The molecule has 3 nitrogen and oxygen atoms in total. The fourth-order valence-corrected chi connectivity index (χ4v) is 3.01. The molecule has 0 unspecified atom stereocenters. The lowest BCUT2D eigenvalue weighted by molar-refractivity contribution is 0.0126. The molecular weight excluding hydrogens is 320 g/mol. The zero-order valence-corrected chi connectivity index (χ0v) is 14.6. The minimum absolute atomic E-state index is 0.210. The van der Waals surface area contributed by atoms with Gasteiger partial charge in [-0.05, 0) is 37.1 Å². The molecule has 0 spiro atoms. The first kappa shape index (κ1) is 17.3. The number of halogens is 2. The molecule has 0 bridgehead atoms. The Bertz CT molecular complexity index is 901. The van der Waals surface area contributed by atoms with Crippen LogP contribution in [-0.2, 0) is 18.9 Å². The molecule has 3 aromatic rings. The zero-order chi connectivity index (χ0) is 18.0. The van der Waals surface area contributed by atoms with Crippen molar-refractivity contribution in [1.82, 2.24) is 9.97 Å². The van der Waals surface area contributed by atoms with Crippen LogP contribution >= 0.6 is 0 Å². The van der Waals surface area contributed by atoms with E-state index in [1.165, 1.54) is 6.07 Å². The van der Waals surface area contributed by atoms with E-state index in [1.807, 2.05) is 31.2 Å². The molecular formula is C20H21F2N3. The highest BCUT2D eigenvalue weighted by molar-refractivity contribution is 5.93. The second-order valence-corrected chi connectivity index (χ2v) is 6.18. The van der Waals surface area contributed by atoms with Crippen molar-refractivity contribution in [2.24, 2.45) is 0 Å². The number of aryl methyl sites for hydroxylation is 1. The van der Waals surface area contributed by atoms with Gasteiger partial charge in [0.1, 0.15) is 5.69 Å². The minimum atomic E-state index is -2.94. The molecule has 0 aliphatic carbocycles. The van der Waals surface area contributed by atoms with Gasteiger partial charge in [0.2, 0.25) is 0 Å². The lowest BCUT2D eigenvalue weighted by atomic mass is 10.0. The third kappa shape index (κ3) is 3.60. The van der Waals surface area contributed by atoms with Crippen LogP contribution in [0, 0.1) is 6.92 Å². The minimum Gasteiger partial charge on any atom is -0.379 e. The zero-order valence-electron chi connectivity index (χ0n) is 14.6. The molecule has 1 N–H and O–H groups in total. The van der Waals surface area contributed by atoms with E-state index >= 15 is 0 Å². The van der Waals surface area contributed by atoms with Gasteiger partial charge in [-0.3, -0.25) is 4.98 Å². The molecule has 0 saturated carbocycles. The molecule has 3 rings (SSSR count). The van der Waals surface area contributed by atoms with Crippen molar-refractivity contribution in [2.75, 3.05) is 5.32 Å². The number of benzene rings is 1. The average molecular weight is 341 g/mol. The van der Waals surface area contributed by atoms with E-state index in [1.54, 1.807) is 12.1 Å². The first-order valence-electron chi connectivity index (χ1n) is 8.36. The summed E-state index contributed by atoms with van der Waals surface area (Å²) in [5.41, 5.74) is 4.40. The summed E-state index contributed by atoms with van der Waals surface area (Å²) in [5.74, 6) is -2.94. The van der Waals surface area contributed by atoms with E-state index in [4.69, 9.17) is 0 Å². The topological polar surface area (TPSA) is 37.8 Å². The average Bonchev–Trinajstić information content (AvgIpc) is 2.58. The largest absolute Gasteiger partial charge is 0.379 e. The number of aromatic nitrogens is 2. The van der Waals surface area contributed by atoms with E-state index < -0.39 is 5.92 Å². The number of alkyl halides is 2. The Morgan fingerprint density at radius 3 is 2.52 bits per heavy atom. The van der Waals surface area contributed by atoms with Crippen LogP contribution in [0.15, 0.2) is 42.5 Å². The van der Waals surface area contributed by atoms with Crippen molar-refractivity contribution in [1.29, 1.82) is 0 Å².